The van der Waals surface area contributed by atoms with Crippen molar-refractivity contribution in [1.29, 1.82) is 0 Å². The lowest BCUT2D eigenvalue weighted by Crippen LogP contribution is -2.04. The van der Waals surface area contributed by atoms with Crippen molar-refractivity contribution < 1.29 is 9.84 Å². The van der Waals surface area contributed by atoms with Crippen LogP contribution < -0.4 is 10.1 Å². The van der Waals surface area contributed by atoms with Crippen LogP contribution in [0.15, 0.2) is 69.8 Å². The van der Waals surface area contributed by atoms with Crippen LogP contribution in [0.1, 0.15) is 0 Å². The molecule has 2 N–H and O–H groups in total. The SMILES string of the molecule is C=CCn1c(O)c(N=NC(=S)Nc2ccc(OC)cc2)c2cc(Br)ccc21. The molecule has 6 nitrogen and oxygen atoms in total. The zero-order valence-electron chi connectivity index (χ0n) is 14.5. The molecule has 0 aliphatic carbocycles. The normalized spacial score (nSPS) is 11.0. The first kappa shape index (κ1) is 19.1. The van der Waals surface area contributed by atoms with E-state index in [0.717, 1.165) is 26.8 Å². The number of aromatic hydroxyl groups is 1. The van der Waals surface area contributed by atoms with Crippen LogP contribution >= 0.6 is 28.1 Å². The Morgan fingerprint density at radius 2 is 2.07 bits per heavy atom. The topological polar surface area (TPSA) is 71.1 Å². The zero-order chi connectivity index (χ0) is 19.4. The van der Waals surface area contributed by atoms with E-state index in [4.69, 9.17) is 17.0 Å². The number of nitrogens with one attached hydrogen (secondary N) is 1. The lowest BCUT2D eigenvalue weighted by atomic mass is 10.2. The quantitative estimate of drug-likeness (QED) is 0.297. The summed E-state index contributed by atoms with van der Waals surface area (Å²) in [5, 5.41) is 22.7. The monoisotopic (exact) mass is 444 g/mol. The molecule has 27 heavy (non-hydrogen) atoms. The number of azo groups is 1. The molecule has 0 unspecified atom stereocenters. The Labute approximate surface area is 170 Å². The van der Waals surface area contributed by atoms with Gasteiger partial charge in [0.15, 0.2) is 5.69 Å². The van der Waals surface area contributed by atoms with E-state index < -0.39 is 0 Å². The molecule has 0 saturated carbocycles. The molecule has 1 aromatic heterocycles. The second-order valence-corrected chi connectivity index (χ2v) is 6.89. The molecule has 0 aliphatic rings. The van der Waals surface area contributed by atoms with Crippen molar-refractivity contribution in [1.82, 2.24) is 4.57 Å². The first-order valence-corrected chi connectivity index (χ1v) is 9.22. The van der Waals surface area contributed by atoms with Gasteiger partial charge in [-0.05, 0) is 54.7 Å². The second-order valence-electron chi connectivity index (χ2n) is 5.59. The number of halogens is 1. The Morgan fingerprint density at radius 1 is 1.33 bits per heavy atom. The maximum Gasteiger partial charge on any atom is 0.221 e. The Hall–Kier alpha value is -2.71. The van der Waals surface area contributed by atoms with Gasteiger partial charge in [-0.1, -0.05) is 22.0 Å². The van der Waals surface area contributed by atoms with Gasteiger partial charge in [-0.25, -0.2) is 0 Å². The third-order valence-corrected chi connectivity index (χ3v) is 4.54. The predicted molar refractivity (Wildman–Crippen MR) is 115 cm³/mol. The number of rotatable bonds is 5. The number of fused-ring (bicyclic) bond motifs is 1. The van der Waals surface area contributed by atoms with Gasteiger partial charge in [0, 0.05) is 22.1 Å². The van der Waals surface area contributed by atoms with E-state index in [2.05, 4.69) is 38.1 Å². The first-order valence-electron chi connectivity index (χ1n) is 8.02. The van der Waals surface area contributed by atoms with Crippen molar-refractivity contribution in [2.75, 3.05) is 12.4 Å². The fourth-order valence-corrected chi connectivity index (χ4v) is 3.15. The molecule has 3 aromatic rings. The standard InChI is InChI=1S/C19H17BrN4O2S/c1-3-10-24-16-9-4-12(20)11-15(16)17(18(24)25)22-23-19(27)21-13-5-7-14(26-2)8-6-13/h3-9,11,25H,1,10H2,2H3,(H,21,27). The van der Waals surface area contributed by atoms with E-state index in [1.165, 1.54) is 0 Å². The van der Waals surface area contributed by atoms with E-state index in [-0.39, 0.29) is 11.0 Å². The van der Waals surface area contributed by atoms with E-state index in [1.54, 1.807) is 17.8 Å². The van der Waals surface area contributed by atoms with Gasteiger partial charge in [-0.15, -0.1) is 16.8 Å². The molecule has 0 spiro atoms. The van der Waals surface area contributed by atoms with Gasteiger partial charge in [0.2, 0.25) is 11.0 Å². The Bertz CT molecular complexity index is 1030. The molecule has 2 aromatic carbocycles. The lowest BCUT2D eigenvalue weighted by molar-refractivity contribution is 0.415. The number of benzene rings is 2. The van der Waals surface area contributed by atoms with Gasteiger partial charge < -0.3 is 19.7 Å². The summed E-state index contributed by atoms with van der Waals surface area (Å²) in [7, 11) is 1.61. The first-order chi connectivity index (χ1) is 13.0. The van der Waals surface area contributed by atoms with Crippen LogP contribution in [0.5, 0.6) is 11.6 Å². The van der Waals surface area contributed by atoms with Crippen LogP contribution in [0.25, 0.3) is 10.9 Å². The molecule has 3 rings (SSSR count). The largest absolute Gasteiger partial charge is 0.497 e. The third kappa shape index (κ3) is 4.17. The van der Waals surface area contributed by atoms with Crippen LogP contribution in [-0.4, -0.2) is 21.9 Å². The Morgan fingerprint density at radius 3 is 2.74 bits per heavy atom. The lowest BCUT2D eigenvalue weighted by Gasteiger charge is -2.04. The summed E-state index contributed by atoms with van der Waals surface area (Å²) in [5.41, 5.74) is 1.95. The van der Waals surface area contributed by atoms with Gasteiger partial charge in [-0.2, -0.15) is 0 Å². The molecular weight excluding hydrogens is 428 g/mol. The zero-order valence-corrected chi connectivity index (χ0v) is 16.9. The van der Waals surface area contributed by atoms with Gasteiger partial charge in [0.25, 0.3) is 0 Å². The average molecular weight is 445 g/mol. The Balaban J connectivity index is 1.88. The highest BCUT2D eigenvalue weighted by Crippen LogP contribution is 2.40. The minimum Gasteiger partial charge on any atom is -0.497 e. The van der Waals surface area contributed by atoms with E-state index in [9.17, 15) is 5.11 Å². The van der Waals surface area contributed by atoms with Gasteiger partial charge >= 0.3 is 0 Å². The summed E-state index contributed by atoms with van der Waals surface area (Å²) in [4.78, 5) is 0. The highest BCUT2D eigenvalue weighted by atomic mass is 79.9. The molecule has 1 heterocycles. The summed E-state index contributed by atoms with van der Waals surface area (Å²) in [5.74, 6) is 0.762. The smallest absolute Gasteiger partial charge is 0.221 e. The molecule has 0 bridgehead atoms. The fourth-order valence-electron chi connectivity index (χ4n) is 2.63. The summed E-state index contributed by atoms with van der Waals surface area (Å²) in [6.07, 6.45) is 1.71. The number of methoxy groups -OCH3 is 1. The molecular formula is C19H17BrN4O2S. The van der Waals surface area contributed by atoms with E-state index >= 15 is 0 Å². The van der Waals surface area contributed by atoms with Crippen molar-refractivity contribution in [3.8, 4) is 11.6 Å². The molecule has 0 radical (unpaired) electrons. The number of allylic oxidation sites excluding steroid dienone is 1. The van der Waals surface area contributed by atoms with E-state index in [0.29, 0.717) is 12.2 Å². The fraction of sp³-hybridized carbons (Fsp3) is 0.105. The molecule has 138 valence electrons. The van der Waals surface area contributed by atoms with Gasteiger partial charge in [-0.3, -0.25) is 0 Å². The van der Waals surface area contributed by atoms with Crippen molar-refractivity contribution in [2.24, 2.45) is 10.2 Å². The van der Waals surface area contributed by atoms with Crippen LogP contribution in [-0.2, 0) is 6.54 Å². The number of thiocarbonyl (C=S) groups is 1. The van der Waals surface area contributed by atoms with Crippen molar-refractivity contribution in [2.45, 2.75) is 6.54 Å². The van der Waals surface area contributed by atoms with Crippen LogP contribution in [0, 0.1) is 0 Å². The molecule has 0 aliphatic heterocycles. The molecule has 0 atom stereocenters. The number of ether oxygens (including phenoxy) is 1. The minimum absolute atomic E-state index is 0.0130. The van der Waals surface area contributed by atoms with Crippen LogP contribution in [0.3, 0.4) is 0 Å². The highest BCUT2D eigenvalue weighted by molar-refractivity contribution is 9.10. The van der Waals surface area contributed by atoms with E-state index in [1.807, 2.05) is 42.5 Å². The van der Waals surface area contributed by atoms with Gasteiger partial charge in [0.1, 0.15) is 5.75 Å². The number of hydrogen-bond donors (Lipinski definition) is 2. The number of aromatic nitrogens is 1. The highest BCUT2D eigenvalue weighted by Gasteiger charge is 2.16. The van der Waals surface area contributed by atoms with Gasteiger partial charge in [0.05, 0.1) is 12.6 Å². The van der Waals surface area contributed by atoms with Crippen molar-refractivity contribution in [3.63, 3.8) is 0 Å². The van der Waals surface area contributed by atoms with Crippen molar-refractivity contribution in [3.05, 3.63) is 59.6 Å². The number of nitrogens with zero attached hydrogens (tertiary/aromatic N) is 3. The Kier molecular flexibility index (Phi) is 5.88. The summed E-state index contributed by atoms with van der Waals surface area (Å²) in [6.45, 7) is 4.18. The maximum atomic E-state index is 10.6. The minimum atomic E-state index is 0.0130. The summed E-state index contributed by atoms with van der Waals surface area (Å²) >= 11 is 8.67. The predicted octanol–water partition coefficient (Wildman–Crippen LogP) is 5.78. The average Bonchev–Trinajstić information content (AvgIpc) is 2.92. The van der Waals surface area contributed by atoms with Crippen LogP contribution in [0.4, 0.5) is 11.4 Å². The van der Waals surface area contributed by atoms with Crippen LogP contribution in [0.2, 0.25) is 0 Å². The summed E-state index contributed by atoms with van der Waals surface area (Å²) in [6, 6.07) is 13.0. The third-order valence-electron chi connectivity index (χ3n) is 3.87. The molecule has 0 amide bonds. The van der Waals surface area contributed by atoms with Crippen molar-refractivity contribution >= 4 is 55.5 Å². The molecule has 0 fully saturated rings. The molecule has 8 heteroatoms. The number of hydrogen-bond acceptors (Lipinski definition) is 4. The maximum absolute atomic E-state index is 10.6. The second kappa shape index (κ2) is 8.32. The number of anilines is 1. The summed E-state index contributed by atoms with van der Waals surface area (Å²) < 4.78 is 7.71. The molecule has 0 saturated heterocycles.